The molecule has 2 N–H and O–H groups in total. The van der Waals surface area contributed by atoms with Crippen molar-refractivity contribution in [3.63, 3.8) is 0 Å². The molecule has 2 aromatic rings. The number of benzene rings is 1. The molecule has 0 saturated carbocycles. The molecule has 1 heterocycles. The number of hydrogen-bond donors (Lipinski definition) is 2. The number of aromatic carboxylic acids is 1. The molecule has 25 heavy (non-hydrogen) atoms. The average Bonchev–Trinajstić information content (AvgIpc) is 2.53. The van der Waals surface area contributed by atoms with E-state index in [2.05, 4.69) is 5.10 Å². The fourth-order valence-corrected chi connectivity index (χ4v) is 3.36. The van der Waals surface area contributed by atoms with Crippen LogP contribution in [0.3, 0.4) is 0 Å². The van der Waals surface area contributed by atoms with Crippen molar-refractivity contribution in [2.75, 3.05) is 6.61 Å². The molecule has 0 radical (unpaired) electrons. The van der Waals surface area contributed by atoms with Crippen LogP contribution >= 0.6 is 11.6 Å². The summed E-state index contributed by atoms with van der Waals surface area (Å²) in [5.74, 6) is -3.16. The van der Waals surface area contributed by atoms with Crippen molar-refractivity contribution < 1.29 is 33.0 Å². The molecule has 0 aliphatic carbocycles. The number of hydrogen-bond acceptors (Lipinski definition) is 7. The fourth-order valence-electron chi connectivity index (χ4n) is 1.69. The van der Waals surface area contributed by atoms with Crippen LogP contribution in [0.25, 0.3) is 0 Å². The Bertz CT molecular complexity index is 1010. The van der Waals surface area contributed by atoms with E-state index in [1.54, 1.807) is 0 Å². The number of carbonyl (C=O) groups is 2. The summed E-state index contributed by atoms with van der Waals surface area (Å²) in [4.78, 5) is 32.7. The Morgan fingerprint density at radius 3 is 2.48 bits per heavy atom. The van der Waals surface area contributed by atoms with Gasteiger partial charge >= 0.3 is 11.9 Å². The van der Waals surface area contributed by atoms with Gasteiger partial charge < -0.3 is 14.9 Å². The molecule has 2 rings (SSSR count). The van der Waals surface area contributed by atoms with Crippen LogP contribution in [0.15, 0.2) is 40.0 Å². The van der Waals surface area contributed by atoms with Gasteiger partial charge in [0.05, 0.1) is 10.6 Å². The number of aromatic nitrogens is 2. The van der Waals surface area contributed by atoms with E-state index in [1.807, 2.05) is 0 Å². The number of nitrogens with zero attached hydrogens (tertiary/aromatic N) is 2. The third-order valence-electron chi connectivity index (χ3n) is 2.77. The SMILES string of the molecule is O=C(O)COc1ccc(=O)n(S(=O)(=O)c2cc(C(=O)O)ccc2Cl)n1. The monoisotopic (exact) mass is 388 g/mol. The van der Waals surface area contributed by atoms with Crippen LogP contribution < -0.4 is 10.3 Å². The van der Waals surface area contributed by atoms with E-state index in [-0.39, 0.29) is 14.7 Å². The maximum Gasteiger partial charge on any atom is 0.341 e. The number of aliphatic carboxylic acids is 1. The van der Waals surface area contributed by atoms with E-state index < -0.39 is 44.9 Å². The second kappa shape index (κ2) is 6.91. The molecule has 0 amide bonds. The predicted octanol–water partition coefficient (Wildman–Crippen LogP) is 0.295. The van der Waals surface area contributed by atoms with Crippen LogP contribution in [0.1, 0.15) is 10.4 Å². The molecule has 0 aliphatic heterocycles. The summed E-state index contributed by atoms with van der Waals surface area (Å²) in [6, 6.07) is 4.71. The van der Waals surface area contributed by atoms with Gasteiger partial charge in [0.2, 0.25) is 5.88 Å². The average molecular weight is 389 g/mol. The molecule has 132 valence electrons. The minimum Gasteiger partial charge on any atom is -0.479 e. The first-order valence-electron chi connectivity index (χ1n) is 6.36. The van der Waals surface area contributed by atoms with Gasteiger partial charge in [-0.3, -0.25) is 4.79 Å². The third-order valence-corrected chi connectivity index (χ3v) is 4.83. The molecule has 12 heteroatoms. The molecule has 0 bridgehead atoms. The smallest absolute Gasteiger partial charge is 0.341 e. The van der Waals surface area contributed by atoms with Crippen LogP contribution in [0, 0.1) is 0 Å². The second-order valence-electron chi connectivity index (χ2n) is 4.49. The lowest BCUT2D eigenvalue weighted by Gasteiger charge is -2.10. The normalized spacial score (nSPS) is 11.1. The van der Waals surface area contributed by atoms with E-state index >= 15 is 0 Å². The maximum absolute atomic E-state index is 12.6. The van der Waals surface area contributed by atoms with Gasteiger partial charge in [-0.15, -0.1) is 9.19 Å². The zero-order chi connectivity index (χ0) is 18.8. The Morgan fingerprint density at radius 2 is 1.88 bits per heavy atom. The number of carboxylic acid groups (broad SMARTS) is 2. The van der Waals surface area contributed by atoms with Gasteiger partial charge in [0, 0.05) is 12.1 Å². The molecule has 0 spiro atoms. The van der Waals surface area contributed by atoms with E-state index in [4.69, 9.17) is 26.6 Å². The highest BCUT2D eigenvalue weighted by Gasteiger charge is 2.25. The number of halogens is 1. The van der Waals surface area contributed by atoms with Crippen LogP contribution in [-0.2, 0) is 14.8 Å². The standard InChI is InChI=1S/C13H9ClN2O8S/c14-8-2-1-7(13(20)21)5-9(8)25(22,23)16-11(17)4-3-10(15-16)24-6-12(18)19/h1-5H,6H2,(H,18,19)(H,20,21). The summed E-state index contributed by atoms with van der Waals surface area (Å²) in [6.45, 7) is -0.805. The van der Waals surface area contributed by atoms with Crippen molar-refractivity contribution in [1.29, 1.82) is 0 Å². The molecule has 0 saturated heterocycles. The lowest BCUT2D eigenvalue weighted by atomic mass is 10.2. The molecular weight excluding hydrogens is 380 g/mol. The zero-order valence-corrected chi connectivity index (χ0v) is 13.7. The van der Waals surface area contributed by atoms with E-state index in [0.717, 1.165) is 30.3 Å². The summed E-state index contributed by atoms with van der Waals surface area (Å²) < 4.78 is 29.9. The minimum atomic E-state index is -4.65. The van der Waals surface area contributed by atoms with Gasteiger partial charge in [-0.1, -0.05) is 11.6 Å². The Kier molecular flexibility index (Phi) is 5.09. The first-order chi connectivity index (χ1) is 11.6. The van der Waals surface area contributed by atoms with Gasteiger partial charge in [-0.25, -0.2) is 9.59 Å². The summed E-state index contributed by atoms with van der Waals surface area (Å²) in [6.07, 6.45) is 0. The lowest BCUT2D eigenvalue weighted by Crippen LogP contribution is -2.30. The first-order valence-corrected chi connectivity index (χ1v) is 8.18. The van der Waals surface area contributed by atoms with E-state index in [0.29, 0.717) is 0 Å². The van der Waals surface area contributed by atoms with Crippen molar-refractivity contribution in [2.45, 2.75) is 4.90 Å². The Labute approximate surface area is 144 Å². The van der Waals surface area contributed by atoms with Crippen molar-refractivity contribution >= 4 is 33.6 Å². The predicted molar refractivity (Wildman–Crippen MR) is 82.6 cm³/mol. The van der Waals surface area contributed by atoms with Crippen LogP contribution in [0.5, 0.6) is 5.88 Å². The summed E-state index contributed by atoms with van der Waals surface area (Å²) in [5, 5.41) is 20.6. The summed E-state index contributed by atoms with van der Waals surface area (Å²) in [5.41, 5.74) is -1.44. The zero-order valence-electron chi connectivity index (χ0n) is 12.1. The largest absolute Gasteiger partial charge is 0.479 e. The van der Waals surface area contributed by atoms with E-state index in [9.17, 15) is 22.8 Å². The Balaban J connectivity index is 2.58. The molecule has 0 aliphatic rings. The highest BCUT2D eigenvalue weighted by molar-refractivity contribution is 7.90. The molecule has 10 nitrogen and oxygen atoms in total. The fraction of sp³-hybridized carbons (Fsp3) is 0.0769. The molecule has 0 atom stereocenters. The van der Waals surface area contributed by atoms with Crippen molar-refractivity contribution in [2.24, 2.45) is 0 Å². The number of rotatable bonds is 6. The highest BCUT2D eigenvalue weighted by atomic mass is 35.5. The molecule has 0 unspecified atom stereocenters. The maximum atomic E-state index is 12.6. The van der Waals surface area contributed by atoms with Crippen molar-refractivity contribution in [3.05, 3.63) is 51.3 Å². The number of ether oxygens (including phenoxy) is 1. The van der Waals surface area contributed by atoms with Crippen molar-refractivity contribution in [1.82, 2.24) is 9.19 Å². The van der Waals surface area contributed by atoms with Gasteiger partial charge in [0.25, 0.3) is 15.6 Å². The molecule has 1 aromatic carbocycles. The van der Waals surface area contributed by atoms with Gasteiger partial charge in [-0.2, -0.15) is 8.42 Å². The lowest BCUT2D eigenvalue weighted by molar-refractivity contribution is -0.139. The van der Waals surface area contributed by atoms with Crippen LogP contribution in [0.2, 0.25) is 5.02 Å². The molecular formula is C13H9ClN2O8S. The Morgan fingerprint density at radius 1 is 1.20 bits per heavy atom. The Hall–Kier alpha value is -2.92. The summed E-state index contributed by atoms with van der Waals surface area (Å²) >= 11 is 5.81. The van der Waals surface area contributed by atoms with Gasteiger partial charge in [0.15, 0.2) is 6.61 Å². The molecule has 1 aromatic heterocycles. The topological polar surface area (TPSA) is 153 Å². The quantitative estimate of drug-likeness (QED) is 0.710. The van der Waals surface area contributed by atoms with Crippen LogP contribution in [-0.4, -0.2) is 46.4 Å². The minimum absolute atomic E-state index is 0.0387. The molecule has 0 fully saturated rings. The van der Waals surface area contributed by atoms with Crippen LogP contribution in [0.4, 0.5) is 0 Å². The number of carboxylic acids is 2. The first kappa shape index (κ1) is 18.4. The van der Waals surface area contributed by atoms with E-state index in [1.165, 1.54) is 0 Å². The van der Waals surface area contributed by atoms with Gasteiger partial charge in [0.1, 0.15) is 4.90 Å². The van der Waals surface area contributed by atoms with Gasteiger partial charge in [-0.05, 0) is 18.2 Å². The second-order valence-corrected chi connectivity index (χ2v) is 6.63. The van der Waals surface area contributed by atoms with Crippen molar-refractivity contribution in [3.8, 4) is 5.88 Å². The third kappa shape index (κ3) is 3.95. The summed E-state index contributed by atoms with van der Waals surface area (Å²) in [7, 11) is -4.65. The highest BCUT2D eigenvalue weighted by Crippen LogP contribution is 2.24.